The third-order valence-electron chi connectivity index (χ3n) is 5.61. The molecule has 0 radical (unpaired) electrons. The summed E-state index contributed by atoms with van der Waals surface area (Å²) in [6, 6.07) is 14.3. The van der Waals surface area contributed by atoms with Crippen LogP contribution in [0.25, 0.3) is 0 Å². The molecule has 206 valence electrons. The van der Waals surface area contributed by atoms with Gasteiger partial charge < -0.3 is 24.3 Å². The summed E-state index contributed by atoms with van der Waals surface area (Å²) in [6.07, 6.45) is -0.531. The van der Waals surface area contributed by atoms with E-state index in [2.05, 4.69) is 31.0 Å². The maximum atomic E-state index is 12.4. The minimum atomic E-state index is -1.05. The topological polar surface area (TPSA) is 147 Å². The Bertz CT molecular complexity index is 1460. The summed E-state index contributed by atoms with van der Waals surface area (Å²) in [6.45, 7) is 0.0285. The molecule has 2 aromatic carbocycles. The van der Waals surface area contributed by atoms with Gasteiger partial charge in [0.25, 0.3) is 0 Å². The van der Waals surface area contributed by atoms with Crippen LogP contribution in [0.4, 0.5) is 10.3 Å². The number of hydrogen-bond donors (Lipinski definition) is 2. The molecule has 0 saturated heterocycles. The largest absolute Gasteiger partial charge is 0.444 e. The van der Waals surface area contributed by atoms with E-state index in [0.717, 1.165) is 34.4 Å². The van der Waals surface area contributed by atoms with Gasteiger partial charge in [-0.2, -0.15) is 11.8 Å². The van der Waals surface area contributed by atoms with Gasteiger partial charge in [-0.1, -0.05) is 46.9 Å². The van der Waals surface area contributed by atoms with Crippen molar-refractivity contribution < 1.29 is 28.5 Å². The number of aromatic nitrogens is 4. The molecule has 0 unspecified atom stereocenters. The molecule has 6 rings (SSSR count). The molecule has 2 aliphatic rings. The zero-order chi connectivity index (χ0) is 27.3. The molecule has 2 aromatic heterocycles. The Hall–Kier alpha value is -3.95. The first kappa shape index (κ1) is 26.3. The van der Waals surface area contributed by atoms with Gasteiger partial charge >= 0.3 is 18.5 Å². The molecule has 4 aromatic rings. The van der Waals surface area contributed by atoms with Gasteiger partial charge in [0.1, 0.15) is 10.0 Å². The van der Waals surface area contributed by atoms with Gasteiger partial charge in [0, 0.05) is 12.8 Å². The molecule has 4 heterocycles. The summed E-state index contributed by atoms with van der Waals surface area (Å²) in [4.78, 5) is 24.8. The van der Waals surface area contributed by atoms with E-state index in [1.54, 1.807) is 36.0 Å². The van der Waals surface area contributed by atoms with Crippen molar-refractivity contribution in [3.05, 3.63) is 58.5 Å². The van der Waals surface area contributed by atoms with E-state index in [1.165, 1.54) is 22.7 Å². The molecule has 15 heteroatoms. The average Bonchev–Trinajstić information content (AvgIpc) is 3.77. The van der Waals surface area contributed by atoms with E-state index < -0.39 is 18.5 Å². The third kappa shape index (κ3) is 6.26. The monoisotopic (exact) mass is 598 g/mol. The van der Waals surface area contributed by atoms with Gasteiger partial charge in [-0.15, -0.1) is 20.4 Å². The van der Waals surface area contributed by atoms with Crippen LogP contribution in [0.1, 0.15) is 10.0 Å². The van der Waals surface area contributed by atoms with Crippen molar-refractivity contribution in [3.8, 4) is 23.0 Å². The lowest BCUT2D eigenvalue weighted by atomic mass is 10.3. The van der Waals surface area contributed by atoms with Gasteiger partial charge in [-0.3, -0.25) is 14.9 Å². The van der Waals surface area contributed by atoms with E-state index in [4.69, 9.17) is 18.9 Å². The first-order chi connectivity index (χ1) is 19.6. The minimum Gasteiger partial charge on any atom is -0.444 e. The van der Waals surface area contributed by atoms with Gasteiger partial charge in [0.15, 0.2) is 23.0 Å². The number of Topliss-reactive ketones (excluding diaryl/α,β-unsaturated/α-hetero) is 1. The van der Waals surface area contributed by atoms with Crippen LogP contribution < -0.4 is 29.6 Å². The van der Waals surface area contributed by atoms with E-state index >= 15 is 0 Å². The first-order valence-corrected chi connectivity index (χ1v) is 15.0. The van der Waals surface area contributed by atoms with Crippen LogP contribution in [0, 0.1) is 0 Å². The first-order valence-electron chi connectivity index (χ1n) is 12.3. The molecule has 0 saturated carbocycles. The Morgan fingerprint density at radius 3 is 1.80 bits per heavy atom. The van der Waals surface area contributed by atoms with Gasteiger partial charge in [0.2, 0.25) is 16.0 Å². The number of rotatable bonds is 12. The Labute approximate surface area is 240 Å². The number of carbonyl (C=O) groups excluding carboxylic acids is 2. The number of fused-ring (bicyclic) bond motifs is 2. The van der Waals surface area contributed by atoms with Crippen molar-refractivity contribution >= 4 is 56.4 Å². The molecule has 1 amide bonds. The van der Waals surface area contributed by atoms with Crippen LogP contribution in [-0.4, -0.2) is 62.7 Å². The number of anilines is 2. The van der Waals surface area contributed by atoms with E-state index in [-0.39, 0.29) is 12.3 Å². The predicted octanol–water partition coefficient (Wildman–Crippen LogP) is 3.42. The molecule has 0 bridgehead atoms. The Kier molecular flexibility index (Phi) is 7.92. The number of nitrogens with zero attached hydrogens (tertiary/aromatic N) is 4. The molecule has 2 N–H and O–H groups in total. The predicted molar refractivity (Wildman–Crippen MR) is 150 cm³/mol. The fourth-order valence-electron chi connectivity index (χ4n) is 3.70. The number of ketones is 1. The van der Waals surface area contributed by atoms with Crippen LogP contribution >= 0.6 is 34.4 Å². The van der Waals surface area contributed by atoms with Crippen LogP contribution in [-0.2, 0) is 22.4 Å². The van der Waals surface area contributed by atoms with Crippen molar-refractivity contribution in [2.75, 3.05) is 28.7 Å². The Balaban J connectivity index is 0.864. The highest BCUT2D eigenvalue weighted by atomic mass is 32.2. The second kappa shape index (κ2) is 12.1. The minimum absolute atomic E-state index is 0.0285. The maximum Gasteiger partial charge on any atom is 0.322 e. The number of nitrogens with one attached hydrogen (secondary N) is 2. The van der Waals surface area contributed by atoms with Crippen LogP contribution in [0.5, 0.6) is 23.0 Å². The van der Waals surface area contributed by atoms with Crippen molar-refractivity contribution in [1.29, 1.82) is 0 Å². The number of ether oxygens (including phenoxy) is 4. The summed E-state index contributed by atoms with van der Waals surface area (Å²) < 4.78 is 22.1. The number of hydrogen-bond acceptors (Lipinski definition) is 14. The zero-order valence-corrected chi connectivity index (χ0v) is 23.2. The lowest BCUT2D eigenvalue weighted by Gasteiger charge is -2.08. The number of amides is 1. The smallest absolute Gasteiger partial charge is 0.322 e. The maximum absolute atomic E-state index is 12.4. The van der Waals surface area contributed by atoms with Gasteiger partial charge in [0.05, 0.1) is 6.54 Å². The van der Waals surface area contributed by atoms with Gasteiger partial charge in [-0.25, -0.2) is 0 Å². The summed E-state index contributed by atoms with van der Waals surface area (Å²) in [5, 5.41) is 24.9. The number of para-hydroxylation sites is 4. The van der Waals surface area contributed by atoms with Crippen LogP contribution in [0.2, 0.25) is 0 Å². The van der Waals surface area contributed by atoms with Crippen molar-refractivity contribution in [1.82, 2.24) is 20.4 Å². The number of carbonyl (C=O) groups is 2. The Morgan fingerprint density at radius 1 is 0.725 bits per heavy atom. The average molecular weight is 599 g/mol. The fourth-order valence-corrected chi connectivity index (χ4v) is 6.32. The number of thioether (sulfide) groups is 1. The second-order valence-electron chi connectivity index (χ2n) is 8.45. The standard InChI is InChI=1S/C25H22N6O6S3/c32-14(22-34-15-5-1-2-6-16(15)35-22)13-26-24-30-28-19(39-24)9-11-38-12-10-20-29-31-25(40-20)27-21(33)23-36-17-7-3-4-8-18(17)37-23/h1-8,22-23H,9-13H2,(H,26,30)(H,27,31,33). The van der Waals surface area contributed by atoms with Crippen molar-refractivity contribution in [2.24, 2.45) is 0 Å². The van der Waals surface area contributed by atoms with Gasteiger partial charge in [-0.05, 0) is 35.8 Å². The molecule has 0 aliphatic carbocycles. The normalized spacial score (nSPS) is 13.9. The Morgan fingerprint density at radius 2 is 1.23 bits per heavy atom. The van der Waals surface area contributed by atoms with E-state index in [9.17, 15) is 9.59 Å². The van der Waals surface area contributed by atoms with E-state index in [0.29, 0.717) is 33.3 Å². The summed E-state index contributed by atoms with van der Waals surface area (Å²) in [7, 11) is 0. The molecular weight excluding hydrogens is 577 g/mol. The number of aryl methyl sites for hydroxylation is 2. The highest BCUT2D eigenvalue weighted by Crippen LogP contribution is 2.35. The highest BCUT2D eigenvalue weighted by molar-refractivity contribution is 7.99. The zero-order valence-electron chi connectivity index (χ0n) is 20.8. The SMILES string of the molecule is O=C(CNc1nnc(CCSCCc2nnc(NC(=O)C3Oc4ccccc4O3)s2)s1)C1Oc2ccccc2O1. The van der Waals surface area contributed by atoms with Crippen molar-refractivity contribution in [3.63, 3.8) is 0 Å². The molecular formula is C25H22N6O6S3. The molecule has 40 heavy (non-hydrogen) atoms. The molecule has 0 atom stereocenters. The fraction of sp³-hybridized carbons (Fsp3) is 0.280. The van der Waals surface area contributed by atoms with E-state index in [1.807, 2.05) is 24.3 Å². The molecule has 0 spiro atoms. The summed E-state index contributed by atoms with van der Waals surface area (Å²) in [5.41, 5.74) is 0. The third-order valence-corrected chi connectivity index (χ3v) is 8.43. The second-order valence-corrected chi connectivity index (χ2v) is 11.8. The quantitative estimate of drug-likeness (QED) is 0.230. The van der Waals surface area contributed by atoms with Crippen LogP contribution in [0.15, 0.2) is 48.5 Å². The number of benzene rings is 2. The summed E-state index contributed by atoms with van der Waals surface area (Å²) in [5.74, 6) is 3.22. The molecule has 0 fully saturated rings. The van der Waals surface area contributed by atoms with Crippen molar-refractivity contribution in [2.45, 2.75) is 25.4 Å². The molecule has 12 nitrogen and oxygen atoms in total. The molecule has 2 aliphatic heterocycles. The highest BCUT2D eigenvalue weighted by Gasteiger charge is 2.31. The lowest BCUT2D eigenvalue weighted by molar-refractivity contribution is -0.132. The lowest BCUT2D eigenvalue weighted by Crippen LogP contribution is -2.34. The van der Waals surface area contributed by atoms with Crippen LogP contribution in [0.3, 0.4) is 0 Å². The summed E-state index contributed by atoms with van der Waals surface area (Å²) >= 11 is 4.50.